The molecule has 1 saturated heterocycles. The number of hydrogen-bond donors (Lipinski definition) is 0. The average Bonchev–Trinajstić information content (AvgIpc) is 2.91. The zero-order chi connectivity index (χ0) is 23.6. The number of amides is 1. The standard InChI is InChI=1S/C29H34N3OP/c30-19-18-29(33)32-23-21-31(22-24-32)20-10-11-25-34(26-12-4-1-5-13-26,27-14-6-2-7-15-27)28-16-8-3-9-17-28/h1-9,12-17,34H,10-11,18,20-25H2. The van der Waals surface area contributed by atoms with E-state index in [1.807, 2.05) is 11.0 Å². The van der Waals surface area contributed by atoms with Crippen LogP contribution < -0.4 is 15.9 Å². The first-order valence-corrected chi connectivity index (χ1v) is 14.5. The van der Waals surface area contributed by atoms with Crippen molar-refractivity contribution in [1.82, 2.24) is 9.80 Å². The topological polar surface area (TPSA) is 47.3 Å². The van der Waals surface area contributed by atoms with Crippen LogP contribution in [-0.2, 0) is 4.79 Å². The summed E-state index contributed by atoms with van der Waals surface area (Å²) in [5.41, 5.74) is 0. The Kier molecular flexibility index (Phi) is 8.47. The molecule has 176 valence electrons. The van der Waals surface area contributed by atoms with Crippen LogP contribution in [0.25, 0.3) is 0 Å². The van der Waals surface area contributed by atoms with Crippen molar-refractivity contribution in [2.24, 2.45) is 0 Å². The molecule has 0 atom stereocenters. The molecule has 1 amide bonds. The predicted octanol–water partition coefficient (Wildman–Crippen LogP) is 3.55. The van der Waals surface area contributed by atoms with Crippen LogP contribution in [0.1, 0.15) is 19.3 Å². The molecule has 0 aromatic heterocycles. The van der Waals surface area contributed by atoms with Gasteiger partial charge in [-0.2, -0.15) is 0 Å². The van der Waals surface area contributed by atoms with E-state index in [0.717, 1.165) is 39.1 Å². The number of nitrogens with zero attached hydrogens (tertiary/aromatic N) is 3. The summed E-state index contributed by atoms with van der Waals surface area (Å²) in [5.74, 6) is -0.0356. The molecule has 0 N–H and O–H groups in total. The molecule has 5 heteroatoms. The van der Waals surface area contributed by atoms with E-state index < -0.39 is 7.26 Å². The molecule has 3 aromatic rings. The van der Waals surface area contributed by atoms with Crippen LogP contribution in [0.15, 0.2) is 91.0 Å². The second kappa shape index (κ2) is 11.9. The van der Waals surface area contributed by atoms with Gasteiger partial charge in [-0.3, -0.25) is 0 Å². The molecule has 4 rings (SSSR count). The molecule has 0 aliphatic carbocycles. The molecule has 3 aromatic carbocycles. The Hall–Kier alpha value is -2.99. The molecule has 0 radical (unpaired) electrons. The van der Waals surface area contributed by atoms with Crippen molar-refractivity contribution < 1.29 is 4.79 Å². The Morgan fingerprint density at radius 2 is 1.21 bits per heavy atom. The zero-order valence-electron chi connectivity index (χ0n) is 19.8. The van der Waals surface area contributed by atoms with E-state index in [4.69, 9.17) is 5.26 Å². The second-order valence-electron chi connectivity index (χ2n) is 9.02. The molecule has 0 unspecified atom stereocenters. The van der Waals surface area contributed by atoms with Gasteiger partial charge in [0, 0.05) is 0 Å². The third-order valence-electron chi connectivity index (χ3n) is 7.03. The molecule has 0 saturated carbocycles. The number of carbonyl (C=O) groups is 1. The predicted molar refractivity (Wildman–Crippen MR) is 144 cm³/mol. The van der Waals surface area contributed by atoms with Gasteiger partial charge in [0.15, 0.2) is 0 Å². The van der Waals surface area contributed by atoms with Crippen LogP contribution in [-0.4, -0.2) is 54.6 Å². The summed E-state index contributed by atoms with van der Waals surface area (Å²) in [5, 5.41) is 13.2. The van der Waals surface area contributed by atoms with Gasteiger partial charge >= 0.3 is 204 Å². The molecular weight excluding hydrogens is 437 g/mol. The fourth-order valence-electron chi connectivity index (χ4n) is 5.23. The van der Waals surface area contributed by atoms with E-state index in [0.29, 0.717) is 0 Å². The van der Waals surface area contributed by atoms with Crippen molar-refractivity contribution in [3.8, 4) is 6.07 Å². The van der Waals surface area contributed by atoms with Gasteiger partial charge in [-0.05, 0) is 0 Å². The minimum atomic E-state index is -2.15. The van der Waals surface area contributed by atoms with Gasteiger partial charge in [-0.1, -0.05) is 0 Å². The summed E-state index contributed by atoms with van der Waals surface area (Å²) in [6.45, 7) is 4.32. The summed E-state index contributed by atoms with van der Waals surface area (Å²) in [4.78, 5) is 16.3. The van der Waals surface area contributed by atoms with E-state index >= 15 is 0 Å². The number of rotatable bonds is 9. The number of carbonyl (C=O) groups excluding carboxylic acids is 1. The van der Waals surface area contributed by atoms with E-state index in [-0.39, 0.29) is 12.3 Å². The van der Waals surface area contributed by atoms with Crippen molar-refractivity contribution in [3.05, 3.63) is 91.0 Å². The van der Waals surface area contributed by atoms with E-state index in [1.165, 1.54) is 28.5 Å². The third-order valence-corrected chi connectivity index (χ3v) is 12.1. The van der Waals surface area contributed by atoms with Crippen LogP contribution in [0.2, 0.25) is 0 Å². The molecule has 0 bridgehead atoms. The minimum absolute atomic E-state index is 0.00876. The molecule has 1 aliphatic rings. The van der Waals surface area contributed by atoms with E-state index in [1.54, 1.807) is 0 Å². The van der Waals surface area contributed by atoms with Crippen molar-refractivity contribution in [1.29, 1.82) is 5.26 Å². The molecule has 1 fully saturated rings. The number of nitriles is 1. The number of unbranched alkanes of at least 4 members (excludes halogenated alkanes) is 1. The monoisotopic (exact) mass is 471 g/mol. The number of piperazine rings is 1. The van der Waals surface area contributed by atoms with E-state index in [9.17, 15) is 4.79 Å². The van der Waals surface area contributed by atoms with Gasteiger partial charge in [0.05, 0.1) is 0 Å². The van der Waals surface area contributed by atoms with Gasteiger partial charge in [0.1, 0.15) is 0 Å². The quantitative estimate of drug-likeness (QED) is 0.354. The first-order chi connectivity index (χ1) is 16.7. The van der Waals surface area contributed by atoms with Crippen molar-refractivity contribution >= 4 is 29.1 Å². The molecule has 1 heterocycles. The van der Waals surface area contributed by atoms with Crippen LogP contribution in [0.5, 0.6) is 0 Å². The van der Waals surface area contributed by atoms with E-state index in [2.05, 4.69) is 95.9 Å². The van der Waals surface area contributed by atoms with Crippen molar-refractivity contribution in [2.45, 2.75) is 19.3 Å². The van der Waals surface area contributed by atoms with Gasteiger partial charge in [0.25, 0.3) is 0 Å². The van der Waals surface area contributed by atoms with Crippen LogP contribution in [0.3, 0.4) is 0 Å². The molecule has 0 spiro atoms. The van der Waals surface area contributed by atoms with Crippen LogP contribution >= 0.6 is 7.26 Å². The van der Waals surface area contributed by atoms with Crippen molar-refractivity contribution in [2.75, 3.05) is 38.9 Å². The van der Waals surface area contributed by atoms with Gasteiger partial charge in [-0.25, -0.2) is 0 Å². The van der Waals surface area contributed by atoms with Crippen molar-refractivity contribution in [3.63, 3.8) is 0 Å². The normalized spacial score (nSPS) is 15.0. The van der Waals surface area contributed by atoms with Gasteiger partial charge in [-0.15, -0.1) is 0 Å². The molecular formula is C29H34N3OP. The third kappa shape index (κ3) is 5.55. The van der Waals surface area contributed by atoms with Crippen LogP contribution in [0, 0.1) is 11.3 Å². The first kappa shape index (κ1) is 24.1. The SMILES string of the molecule is N#CCC(=O)N1CCN(CCCC[PH](c2ccccc2)(c2ccccc2)c2ccccc2)CC1. The Balaban J connectivity index is 1.47. The maximum atomic E-state index is 12.0. The molecule has 1 aliphatic heterocycles. The summed E-state index contributed by atoms with van der Waals surface area (Å²) < 4.78 is 0. The fraction of sp³-hybridized carbons (Fsp3) is 0.310. The Morgan fingerprint density at radius 1 is 0.735 bits per heavy atom. The van der Waals surface area contributed by atoms with Gasteiger partial charge < -0.3 is 0 Å². The zero-order valence-corrected chi connectivity index (χ0v) is 20.8. The summed E-state index contributed by atoms with van der Waals surface area (Å²) >= 11 is 0. The summed E-state index contributed by atoms with van der Waals surface area (Å²) in [6.07, 6.45) is 3.47. The van der Waals surface area contributed by atoms with Gasteiger partial charge in [0.2, 0.25) is 0 Å². The summed E-state index contributed by atoms with van der Waals surface area (Å²) in [7, 11) is -2.15. The maximum absolute atomic E-state index is 12.0. The first-order valence-electron chi connectivity index (χ1n) is 12.3. The number of hydrogen-bond acceptors (Lipinski definition) is 3. The molecule has 34 heavy (non-hydrogen) atoms. The second-order valence-corrected chi connectivity index (χ2v) is 13.1. The Labute approximate surface area is 204 Å². The fourth-order valence-corrected chi connectivity index (χ4v) is 10.2. The Morgan fingerprint density at radius 3 is 1.65 bits per heavy atom. The molecule has 4 nitrogen and oxygen atoms in total. The number of benzene rings is 3. The average molecular weight is 472 g/mol. The van der Waals surface area contributed by atoms with Crippen LogP contribution in [0.4, 0.5) is 0 Å². The summed E-state index contributed by atoms with van der Waals surface area (Å²) in [6, 6.07) is 35.3. The Bertz CT molecular complexity index is 978.